The molecule has 3 heterocycles. The number of likely N-dealkylation sites (tertiary alicyclic amines) is 1. The summed E-state index contributed by atoms with van der Waals surface area (Å²) < 4.78 is -0.769. The fourth-order valence-electron chi connectivity index (χ4n) is 6.13. The fraction of sp³-hybridized carbons (Fsp3) is 0.423. The van der Waals surface area contributed by atoms with Crippen molar-refractivity contribution in [3.05, 3.63) is 59.6 Å². The fourth-order valence-corrected chi connectivity index (χ4v) is 8.72. The van der Waals surface area contributed by atoms with Gasteiger partial charge in [-0.05, 0) is 43.5 Å². The third-order valence-electron chi connectivity index (χ3n) is 7.65. The first-order chi connectivity index (χ1) is 16.8. The maximum atomic E-state index is 13.9. The van der Waals surface area contributed by atoms with Crippen molar-refractivity contribution >= 4 is 52.5 Å². The van der Waals surface area contributed by atoms with Gasteiger partial charge in [-0.15, -0.1) is 11.8 Å². The molecule has 3 aliphatic rings. The Bertz CT molecular complexity index is 1160. The van der Waals surface area contributed by atoms with E-state index in [9.17, 15) is 19.5 Å². The largest absolute Gasteiger partial charge is 0.394 e. The molecule has 3 N–H and O–H groups in total. The quantitative estimate of drug-likeness (QED) is 0.548. The maximum absolute atomic E-state index is 13.9. The molecule has 3 saturated heterocycles. The molecule has 0 radical (unpaired) electrons. The van der Waals surface area contributed by atoms with E-state index in [1.807, 2.05) is 30.3 Å². The number of hydrogen-bond acceptors (Lipinski definition) is 5. The van der Waals surface area contributed by atoms with Gasteiger partial charge in [0, 0.05) is 10.9 Å². The highest BCUT2D eigenvalue weighted by Gasteiger charge is 2.76. The van der Waals surface area contributed by atoms with Crippen LogP contribution in [0.15, 0.2) is 54.6 Å². The van der Waals surface area contributed by atoms with E-state index in [-0.39, 0.29) is 35.5 Å². The first-order valence-corrected chi connectivity index (χ1v) is 13.1. The van der Waals surface area contributed by atoms with Crippen LogP contribution in [0.5, 0.6) is 0 Å². The average molecular weight is 514 g/mol. The lowest BCUT2D eigenvalue weighted by Gasteiger charge is -2.39. The van der Waals surface area contributed by atoms with Gasteiger partial charge in [0.1, 0.15) is 6.04 Å². The second-order valence-corrected chi connectivity index (χ2v) is 11.6. The van der Waals surface area contributed by atoms with E-state index < -0.39 is 28.7 Å². The van der Waals surface area contributed by atoms with Crippen molar-refractivity contribution in [2.75, 3.05) is 17.2 Å². The minimum absolute atomic E-state index is 0.0325. The van der Waals surface area contributed by atoms with Crippen molar-refractivity contribution in [2.45, 2.75) is 42.3 Å². The third-order valence-corrected chi connectivity index (χ3v) is 10.1. The average Bonchev–Trinajstić information content (AvgIpc) is 3.44. The summed E-state index contributed by atoms with van der Waals surface area (Å²) in [5.74, 6) is -1.98. The lowest BCUT2D eigenvalue weighted by molar-refractivity contribution is -0.140. The van der Waals surface area contributed by atoms with E-state index in [0.29, 0.717) is 16.4 Å². The Labute approximate surface area is 213 Å². The summed E-state index contributed by atoms with van der Waals surface area (Å²) in [7, 11) is 0. The van der Waals surface area contributed by atoms with E-state index in [4.69, 9.17) is 11.6 Å². The zero-order chi connectivity index (χ0) is 24.9. The van der Waals surface area contributed by atoms with Crippen molar-refractivity contribution in [3.63, 3.8) is 0 Å². The first kappa shape index (κ1) is 24.2. The van der Waals surface area contributed by atoms with Crippen LogP contribution < -0.4 is 10.6 Å². The van der Waals surface area contributed by atoms with Crippen LogP contribution in [0.4, 0.5) is 11.4 Å². The molecule has 9 heteroatoms. The van der Waals surface area contributed by atoms with Crippen molar-refractivity contribution in [2.24, 2.45) is 17.8 Å². The maximum Gasteiger partial charge on any atom is 0.248 e. The number of rotatable bonds is 6. The number of nitrogens with zero attached hydrogens (tertiary/aromatic N) is 1. The second kappa shape index (κ2) is 9.15. The molecule has 3 fully saturated rings. The monoisotopic (exact) mass is 513 g/mol. The number of aliphatic hydroxyl groups excluding tert-OH is 1. The number of aliphatic hydroxyl groups is 1. The zero-order valence-corrected chi connectivity index (χ0v) is 21.1. The molecule has 5 rings (SSSR count). The molecule has 2 aromatic carbocycles. The Hall–Kier alpha value is -2.55. The number of benzene rings is 2. The molecule has 3 unspecified atom stereocenters. The Kier molecular flexibility index (Phi) is 6.32. The summed E-state index contributed by atoms with van der Waals surface area (Å²) in [4.78, 5) is 42.8. The van der Waals surface area contributed by atoms with Gasteiger partial charge in [-0.1, -0.05) is 48.9 Å². The van der Waals surface area contributed by atoms with Gasteiger partial charge in [0.25, 0.3) is 0 Å². The molecule has 0 saturated carbocycles. The SMILES string of the molecule is CC1C[C@@H]2SC13C(C(=O)Nc1ccccc1Cl)N([C@H](C)CO)C(=O)[C@@H]3[C@@H]2C(=O)Nc1ccccc1. The van der Waals surface area contributed by atoms with Gasteiger partial charge in [-0.25, -0.2) is 0 Å². The molecule has 3 aliphatic heterocycles. The molecule has 184 valence electrons. The number of amides is 3. The minimum Gasteiger partial charge on any atom is -0.394 e. The standard InChI is InChI=1S/C26H28ClN3O4S/c1-14-12-19-20(23(32)28-16-8-4-3-5-9-16)21-25(34)30(15(2)13-31)22(26(14,21)35-19)24(33)29-18-11-7-6-10-17(18)27/h3-11,14-15,19-22,31H,12-13H2,1-2H3,(H,28,32)(H,29,33)/t14?,15-,19+,20-,21+,22?,26?/m1/s1. The summed E-state index contributed by atoms with van der Waals surface area (Å²) in [5, 5.41) is 16.2. The van der Waals surface area contributed by atoms with E-state index in [2.05, 4.69) is 17.6 Å². The number of para-hydroxylation sites is 2. The lowest BCUT2D eigenvalue weighted by atomic mass is 9.66. The van der Waals surface area contributed by atoms with E-state index >= 15 is 0 Å². The Balaban J connectivity index is 1.53. The lowest BCUT2D eigenvalue weighted by Crippen LogP contribution is -2.56. The predicted molar refractivity (Wildman–Crippen MR) is 137 cm³/mol. The van der Waals surface area contributed by atoms with Crippen LogP contribution in [0.2, 0.25) is 5.02 Å². The van der Waals surface area contributed by atoms with Crippen molar-refractivity contribution in [1.29, 1.82) is 0 Å². The van der Waals surface area contributed by atoms with Gasteiger partial charge in [-0.3, -0.25) is 14.4 Å². The topological polar surface area (TPSA) is 98.7 Å². The molecular weight excluding hydrogens is 486 g/mol. The van der Waals surface area contributed by atoms with Gasteiger partial charge >= 0.3 is 0 Å². The molecular formula is C26H28ClN3O4S. The predicted octanol–water partition coefficient (Wildman–Crippen LogP) is 3.64. The smallest absolute Gasteiger partial charge is 0.248 e. The normalized spacial score (nSPS) is 31.8. The number of halogens is 1. The molecule has 7 atom stereocenters. The van der Waals surface area contributed by atoms with E-state index in [1.54, 1.807) is 43.0 Å². The molecule has 2 bridgehead atoms. The molecule has 3 amide bonds. The van der Waals surface area contributed by atoms with Crippen LogP contribution in [-0.4, -0.2) is 56.4 Å². The van der Waals surface area contributed by atoms with Crippen molar-refractivity contribution in [3.8, 4) is 0 Å². The van der Waals surface area contributed by atoms with Crippen LogP contribution in [0.1, 0.15) is 20.3 Å². The van der Waals surface area contributed by atoms with E-state index in [1.165, 1.54) is 4.90 Å². The van der Waals surface area contributed by atoms with Crippen molar-refractivity contribution < 1.29 is 19.5 Å². The Morgan fingerprint density at radius 3 is 2.51 bits per heavy atom. The highest BCUT2D eigenvalue weighted by Crippen LogP contribution is 2.68. The van der Waals surface area contributed by atoms with Crippen molar-refractivity contribution in [1.82, 2.24) is 4.90 Å². The molecule has 7 nitrogen and oxygen atoms in total. The zero-order valence-electron chi connectivity index (χ0n) is 19.5. The number of thioether (sulfide) groups is 1. The summed E-state index contributed by atoms with van der Waals surface area (Å²) in [5.41, 5.74) is 1.14. The number of carbonyl (C=O) groups excluding carboxylic acids is 3. The molecule has 35 heavy (non-hydrogen) atoms. The van der Waals surface area contributed by atoms with Crippen LogP contribution in [-0.2, 0) is 14.4 Å². The summed E-state index contributed by atoms with van der Waals surface area (Å²) in [6.07, 6.45) is 0.735. The van der Waals surface area contributed by atoms with Gasteiger partial charge in [-0.2, -0.15) is 0 Å². The number of nitrogens with one attached hydrogen (secondary N) is 2. The molecule has 0 aliphatic carbocycles. The third kappa shape index (κ3) is 3.74. The van der Waals surface area contributed by atoms with Gasteiger partial charge in [0.05, 0.1) is 39.9 Å². The number of anilines is 2. The first-order valence-electron chi connectivity index (χ1n) is 11.8. The van der Waals surface area contributed by atoms with Gasteiger partial charge in [0.15, 0.2) is 0 Å². The number of fused-ring (bicyclic) bond motifs is 1. The highest BCUT2D eigenvalue weighted by molar-refractivity contribution is 8.02. The Morgan fingerprint density at radius 1 is 1.14 bits per heavy atom. The van der Waals surface area contributed by atoms with Crippen LogP contribution in [0, 0.1) is 17.8 Å². The van der Waals surface area contributed by atoms with Crippen LogP contribution in [0.25, 0.3) is 0 Å². The van der Waals surface area contributed by atoms with E-state index in [0.717, 1.165) is 6.42 Å². The highest BCUT2D eigenvalue weighted by atomic mass is 35.5. The molecule has 1 spiro atoms. The minimum atomic E-state index is -0.835. The van der Waals surface area contributed by atoms with Crippen LogP contribution in [0.3, 0.4) is 0 Å². The summed E-state index contributed by atoms with van der Waals surface area (Å²) >= 11 is 7.89. The second-order valence-electron chi connectivity index (χ2n) is 9.65. The molecule has 2 aromatic rings. The van der Waals surface area contributed by atoms with Gasteiger partial charge in [0.2, 0.25) is 17.7 Å². The summed E-state index contributed by atoms with van der Waals surface area (Å²) in [6.45, 7) is 3.50. The number of hydrogen-bond donors (Lipinski definition) is 3. The summed E-state index contributed by atoms with van der Waals surface area (Å²) in [6, 6.07) is 14.7. The van der Waals surface area contributed by atoms with Gasteiger partial charge < -0.3 is 20.6 Å². The van der Waals surface area contributed by atoms with Crippen LogP contribution >= 0.6 is 23.4 Å². The number of carbonyl (C=O) groups is 3. The Morgan fingerprint density at radius 2 is 1.83 bits per heavy atom. The molecule has 0 aromatic heterocycles.